The second-order valence-corrected chi connectivity index (χ2v) is 5.44. The Hall–Kier alpha value is -1.96. The molecule has 0 aliphatic rings. The topological polar surface area (TPSA) is 21.3 Å². The summed E-state index contributed by atoms with van der Waals surface area (Å²) in [5, 5.41) is 3.46. The summed E-state index contributed by atoms with van der Waals surface area (Å²) in [5.74, 6) is 0.931. The molecule has 0 aromatic heterocycles. The van der Waals surface area contributed by atoms with Crippen LogP contribution in [0, 0.1) is 20.8 Å². The Labute approximate surface area is 121 Å². The molecule has 2 rings (SSSR count). The first-order chi connectivity index (χ1) is 9.54. The first-order valence-electron chi connectivity index (χ1n) is 7.09. The number of hydrogen-bond donors (Lipinski definition) is 1. The molecule has 2 aromatic carbocycles. The van der Waals surface area contributed by atoms with Crippen molar-refractivity contribution in [2.75, 3.05) is 11.9 Å². The highest BCUT2D eigenvalue weighted by Gasteiger charge is 2.05. The maximum Gasteiger partial charge on any atom is 0.120 e. The van der Waals surface area contributed by atoms with E-state index in [1.165, 1.54) is 22.4 Å². The average Bonchev–Trinajstić information content (AvgIpc) is 2.40. The molecule has 0 aliphatic heterocycles. The van der Waals surface area contributed by atoms with E-state index in [1.807, 2.05) is 12.1 Å². The third-order valence-corrected chi connectivity index (χ3v) is 3.30. The molecule has 1 N–H and O–H groups in total. The van der Waals surface area contributed by atoms with Gasteiger partial charge in [0.25, 0.3) is 0 Å². The van der Waals surface area contributed by atoms with Crippen LogP contribution in [-0.4, -0.2) is 12.6 Å². The van der Waals surface area contributed by atoms with Crippen LogP contribution < -0.4 is 10.1 Å². The van der Waals surface area contributed by atoms with E-state index in [2.05, 4.69) is 63.3 Å². The van der Waals surface area contributed by atoms with Crippen molar-refractivity contribution in [2.45, 2.75) is 33.8 Å². The normalized spacial score (nSPS) is 12.0. The summed E-state index contributed by atoms with van der Waals surface area (Å²) in [7, 11) is 0. The average molecular weight is 269 g/mol. The van der Waals surface area contributed by atoms with Crippen molar-refractivity contribution >= 4 is 5.69 Å². The van der Waals surface area contributed by atoms with Crippen LogP contribution >= 0.6 is 0 Å². The first kappa shape index (κ1) is 14.4. The SMILES string of the molecule is Cc1cccc(O[C@H](C)CNc2cc(C)ccc2C)c1. The highest BCUT2D eigenvalue weighted by Crippen LogP contribution is 2.17. The second kappa shape index (κ2) is 6.47. The highest BCUT2D eigenvalue weighted by atomic mass is 16.5. The van der Waals surface area contributed by atoms with E-state index < -0.39 is 0 Å². The van der Waals surface area contributed by atoms with Crippen LogP contribution in [0.1, 0.15) is 23.6 Å². The molecule has 0 radical (unpaired) electrons. The lowest BCUT2D eigenvalue weighted by Crippen LogP contribution is -2.23. The van der Waals surface area contributed by atoms with Crippen LogP contribution in [0.2, 0.25) is 0 Å². The van der Waals surface area contributed by atoms with Gasteiger partial charge in [0.2, 0.25) is 0 Å². The zero-order valence-electron chi connectivity index (χ0n) is 12.7. The maximum absolute atomic E-state index is 5.92. The zero-order chi connectivity index (χ0) is 14.5. The molecule has 2 heteroatoms. The molecule has 0 spiro atoms. The van der Waals surface area contributed by atoms with Crippen molar-refractivity contribution in [2.24, 2.45) is 0 Å². The lowest BCUT2D eigenvalue weighted by Gasteiger charge is -2.17. The molecule has 0 bridgehead atoms. The molecule has 0 fully saturated rings. The Morgan fingerprint density at radius 3 is 2.50 bits per heavy atom. The van der Waals surface area contributed by atoms with E-state index in [0.717, 1.165) is 12.3 Å². The van der Waals surface area contributed by atoms with E-state index in [9.17, 15) is 0 Å². The number of rotatable bonds is 5. The summed E-state index contributed by atoms with van der Waals surface area (Å²) in [5.41, 5.74) is 4.94. The van der Waals surface area contributed by atoms with E-state index in [4.69, 9.17) is 4.74 Å². The van der Waals surface area contributed by atoms with Gasteiger partial charge in [-0.2, -0.15) is 0 Å². The number of anilines is 1. The van der Waals surface area contributed by atoms with Crippen LogP contribution in [0.15, 0.2) is 42.5 Å². The van der Waals surface area contributed by atoms with E-state index in [-0.39, 0.29) is 6.10 Å². The fraction of sp³-hybridized carbons (Fsp3) is 0.333. The number of aryl methyl sites for hydroxylation is 3. The highest BCUT2D eigenvalue weighted by molar-refractivity contribution is 5.52. The van der Waals surface area contributed by atoms with Crippen molar-refractivity contribution < 1.29 is 4.74 Å². The summed E-state index contributed by atoms with van der Waals surface area (Å²) in [6.45, 7) is 9.18. The third-order valence-electron chi connectivity index (χ3n) is 3.30. The van der Waals surface area contributed by atoms with Crippen molar-refractivity contribution in [3.05, 3.63) is 59.2 Å². The third kappa shape index (κ3) is 4.02. The van der Waals surface area contributed by atoms with Gasteiger partial charge in [0.05, 0.1) is 6.54 Å². The molecule has 0 aliphatic carbocycles. The van der Waals surface area contributed by atoms with E-state index in [1.54, 1.807) is 0 Å². The van der Waals surface area contributed by atoms with Gasteiger partial charge in [0, 0.05) is 5.69 Å². The molecule has 2 nitrogen and oxygen atoms in total. The van der Waals surface area contributed by atoms with Gasteiger partial charge in [-0.25, -0.2) is 0 Å². The van der Waals surface area contributed by atoms with Gasteiger partial charge in [0.1, 0.15) is 11.9 Å². The molecule has 20 heavy (non-hydrogen) atoms. The van der Waals surface area contributed by atoms with Crippen molar-refractivity contribution in [1.29, 1.82) is 0 Å². The number of nitrogens with one attached hydrogen (secondary N) is 1. The molecule has 0 unspecified atom stereocenters. The van der Waals surface area contributed by atoms with Gasteiger partial charge < -0.3 is 10.1 Å². The van der Waals surface area contributed by atoms with Crippen LogP contribution in [0.25, 0.3) is 0 Å². The van der Waals surface area contributed by atoms with Gasteiger partial charge in [-0.15, -0.1) is 0 Å². The van der Waals surface area contributed by atoms with Gasteiger partial charge >= 0.3 is 0 Å². The summed E-state index contributed by atoms with van der Waals surface area (Å²) in [4.78, 5) is 0. The Morgan fingerprint density at radius 1 is 1.00 bits per heavy atom. The van der Waals surface area contributed by atoms with E-state index >= 15 is 0 Å². The quantitative estimate of drug-likeness (QED) is 0.863. The van der Waals surface area contributed by atoms with Gasteiger partial charge in [-0.3, -0.25) is 0 Å². The summed E-state index contributed by atoms with van der Waals surface area (Å²) in [6, 6.07) is 14.6. The fourth-order valence-electron chi connectivity index (χ4n) is 2.14. The maximum atomic E-state index is 5.92. The fourth-order valence-corrected chi connectivity index (χ4v) is 2.14. The van der Waals surface area contributed by atoms with Crippen LogP contribution in [-0.2, 0) is 0 Å². The molecule has 0 amide bonds. The molecule has 2 aromatic rings. The minimum Gasteiger partial charge on any atom is -0.489 e. The Morgan fingerprint density at radius 2 is 1.75 bits per heavy atom. The van der Waals surface area contributed by atoms with Crippen molar-refractivity contribution in [1.82, 2.24) is 0 Å². The van der Waals surface area contributed by atoms with Crippen molar-refractivity contribution in [3.63, 3.8) is 0 Å². The molecule has 0 saturated heterocycles. The van der Waals surface area contributed by atoms with Crippen LogP contribution in [0.3, 0.4) is 0 Å². The largest absolute Gasteiger partial charge is 0.489 e. The molecule has 0 saturated carbocycles. The van der Waals surface area contributed by atoms with Crippen LogP contribution in [0.5, 0.6) is 5.75 Å². The molecule has 1 atom stereocenters. The number of benzene rings is 2. The minimum atomic E-state index is 0.122. The van der Waals surface area contributed by atoms with Crippen molar-refractivity contribution in [3.8, 4) is 5.75 Å². The molecule has 106 valence electrons. The monoisotopic (exact) mass is 269 g/mol. The van der Waals surface area contributed by atoms with Gasteiger partial charge in [-0.1, -0.05) is 24.3 Å². The number of ether oxygens (including phenoxy) is 1. The smallest absolute Gasteiger partial charge is 0.120 e. The minimum absolute atomic E-state index is 0.122. The predicted octanol–water partition coefficient (Wildman–Crippen LogP) is 4.49. The Kier molecular flexibility index (Phi) is 4.67. The summed E-state index contributed by atoms with van der Waals surface area (Å²) >= 11 is 0. The number of hydrogen-bond acceptors (Lipinski definition) is 2. The molecular formula is C18H23NO. The lowest BCUT2D eigenvalue weighted by atomic mass is 10.1. The molecular weight excluding hydrogens is 246 g/mol. The second-order valence-electron chi connectivity index (χ2n) is 5.44. The lowest BCUT2D eigenvalue weighted by molar-refractivity contribution is 0.234. The Bertz CT molecular complexity index is 577. The summed E-state index contributed by atoms with van der Waals surface area (Å²) in [6.07, 6.45) is 0.122. The standard InChI is InChI=1S/C18H23NO/c1-13-6-5-7-17(10-13)20-16(4)12-19-18-11-14(2)8-9-15(18)3/h5-11,16,19H,12H2,1-4H3/t16-/m1/s1. The van der Waals surface area contributed by atoms with E-state index in [0.29, 0.717) is 0 Å². The van der Waals surface area contributed by atoms with Gasteiger partial charge in [0.15, 0.2) is 0 Å². The van der Waals surface area contributed by atoms with Crippen LogP contribution in [0.4, 0.5) is 5.69 Å². The Balaban J connectivity index is 1.92. The summed E-state index contributed by atoms with van der Waals surface area (Å²) < 4.78 is 5.92. The zero-order valence-corrected chi connectivity index (χ0v) is 12.7. The predicted molar refractivity (Wildman–Crippen MR) is 85.7 cm³/mol. The molecule has 0 heterocycles. The first-order valence-corrected chi connectivity index (χ1v) is 7.09. The van der Waals surface area contributed by atoms with Gasteiger partial charge in [-0.05, 0) is 62.6 Å².